The normalized spacial score (nSPS) is 13.8. The third-order valence-corrected chi connectivity index (χ3v) is 4.86. The van der Waals surface area contributed by atoms with E-state index < -0.39 is 8.07 Å². The molecular weight excluding hydrogens is 253 g/mol. The first-order valence-electron chi connectivity index (χ1n) is 7.24. The fourth-order valence-electron chi connectivity index (χ4n) is 2.33. The van der Waals surface area contributed by atoms with Crippen molar-refractivity contribution in [2.45, 2.75) is 45.5 Å². The molecule has 0 radical (unpaired) electrons. The Bertz CT molecular complexity index is 367. The Hall–Kier alpha value is -0.673. The summed E-state index contributed by atoms with van der Waals surface area (Å²) in [6.07, 6.45) is 0. The molecule has 19 heavy (non-hydrogen) atoms. The molecule has 108 valence electrons. The van der Waals surface area contributed by atoms with Crippen LogP contribution in [-0.2, 0) is 0 Å². The van der Waals surface area contributed by atoms with Crippen molar-refractivity contribution in [3.8, 4) is 0 Å². The molecule has 1 nitrogen and oxygen atoms in total. The summed E-state index contributed by atoms with van der Waals surface area (Å²) in [4.78, 5) is 0. The zero-order chi connectivity index (χ0) is 14.5. The lowest BCUT2D eigenvalue weighted by Gasteiger charge is -2.25. The van der Waals surface area contributed by atoms with Crippen LogP contribution in [0.3, 0.4) is 0 Å². The highest BCUT2D eigenvalue weighted by atomic mass is 28.3. The summed E-state index contributed by atoms with van der Waals surface area (Å²) >= 11 is 0. The average molecular weight is 281 g/mol. The Morgan fingerprint density at radius 1 is 1.05 bits per heavy atom. The van der Waals surface area contributed by atoms with Gasteiger partial charge in [0.15, 0.2) is 0 Å². The second-order valence-electron chi connectivity index (χ2n) is 7.07. The summed E-state index contributed by atoms with van der Waals surface area (Å²) in [5.41, 5.74) is 1.26. The van der Waals surface area contributed by atoms with E-state index in [1.54, 1.807) is 12.1 Å². The fraction of sp³-hybridized carbons (Fsp3) is 0.625. The SMILES string of the molecule is CC(C)CNCC(C[Si](C)(C)C)c1ccc(F)cc1. The van der Waals surface area contributed by atoms with Crippen LogP contribution in [0.4, 0.5) is 4.39 Å². The van der Waals surface area contributed by atoms with Crippen molar-refractivity contribution in [3.05, 3.63) is 35.6 Å². The fourth-order valence-corrected chi connectivity index (χ4v) is 4.19. The number of rotatable bonds is 7. The molecule has 1 aromatic rings. The van der Waals surface area contributed by atoms with Gasteiger partial charge in [-0.1, -0.05) is 45.6 Å². The first kappa shape index (κ1) is 16.4. The van der Waals surface area contributed by atoms with Crippen molar-refractivity contribution in [1.82, 2.24) is 5.32 Å². The third-order valence-electron chi connectivity index (χ3n) is 3.14. The second-order valence-corrected chi connectivity index (χ2v) is 12.6. The van der Waals surface area contributed by atoms with Gasteiger partial charge in [-0.2, -0.15) is 0 Å². The smallest absolute Gasteiger partial charge is 0.123 e. The number of nitrogens with one attached hydrogen (secondary N) is 1. The van der Waals surface area contributed by atoms with Gasteiger partial charge in [0.1, 0.15) is 5.82 Å². The van der Waals surface area contributed by atoms with E-state index in [1.165, 1.54) is 11.6 Å². The van der Waals surface area contributed by atoms with Gasteiger partial charge in [-0.25, -0.2) is 4.39 Å². The Kier molecular flexibility index (Phi) is 6.21. The Morgan fingerprint density at radius 3 is 2.11 bits per heavy atom. The van der Waals surface area contributed by atoms with Gasteiger partial charge in [-0.05, 0) is 42.1 Å². The lowest BCUT2D eigenvalue weighted by Crippen LogP contribution is -2.31. The summed E-state index contributed by atoms with van der Waals surface area (Å²) in [6, 6.07) is 8.28. The van der Waals surface area contributed by atoms with Crippen LogP contribution in [0.1, 0.15) is 25.3 Å². The Morgan fingerprint density at radius 2 is 1.63 bits per heavy atom. The maximum Gasteiger partial charge on any atom is 0.123 e. The van der Waals surface area contributed by atoms with Gasteiger partial charge in [0.05, 0.1) is 0 Å². The van der Waals surface area contributed by atoms with Crippen LogP contribution in [0, 0.1) is 11.7 Å². The predicted octanol–water partition coefficient (Wildman–Crippen LogP) is 4.49. The van der Waals surface area contributed by atoms with Crippen LogP contribution in [0.2, 0.25) is 25.7 Å². The van der Waals surface area contributed by atoms with E-state index in [-0.39, 0.29) is 5.82 Å². The van der Waals surface area contributed by atoms with Crippen LogP contribution in [0.25, 0.3) is 0 Å². The van der Waals surface area contributed by atoms with Crippen molar-refractivity contribution >= 4 is 8.07 Å². The zero-order valence-corrected chi connectivity index (χ0v) is 14.0. The molecule has 1 atom stereocenters. The summed E-state index contributed by atoms with van der Waals surface area (Å²) in [7, 11) is -1.13. The third kappa shape index (κ3) is 6.88. The van der Waals surface area contributed by atoms with Gasteiger partial charge in [0.25, 0.3) is 0 Å². The lowest BCUT2D eigenvalue weighted by molar-refractivity contribution is 0.526. The summed E-state index contributed by atoms with van der Waals surface area (Å²) < 4.78 is 13.0. The second kappa shape index (κ2) is 7.20. The maximum absolute atomic E-state index is 13.0. The molecule has 0 fully saturated rings. The van der Waals surface area contributed by atoms with E-state index in [9.17, 15) is 4.39 Å². The van der Waals surface area contributed by atoms with Crippen LogP contribution < -0.4 is 5.32 Å². The van der Waals surface area contributed by atoms with Crippen molar-refractivity contribution in [1.29, 1.82) is 0 Å². The molecule has 0 aromatic heterocycles. The lowest BCUT2D eigenvalue weighted by atomic mass is 10.0. The van der Waals surface area contributed by atoms with E-state index >= 15 is 0 Å². The van der Waals surface area contributed by atoms with E-state index in [0.717, 1.165) is 13.1 Å². The molecule has 0 saturated heterocycles. The standard InChI is InChI=1S/C16H28FNSi/c1-13(2)10-18-11-15(12-19(3,4)5)14-6-8-16(17)9-7-14/h6-9,13,15,18H,10-12H2,1-5H3. The number of halogens is 1. The molecule has 0 spiro atoms. The van der Waals surface area contributed by atoms with Gasteiger partial charge in [-0.3, -0.25) is 0 Å². The van der Waals surface area contributed by atoms with Crippen LogP contribution >= 0.6 is 0 Å². The van der Waals surface area contributed by atoms with Gasteiger partial charge >= 0.3 is 0 Å². The van der Waals surface area contributed by atoms with Crippen molar-refractivity contribution in [3.63, 3.8) is 0 Å². The molecule has 0 bridgehead atoms. The Balaban J connectivity index is 2.71. The zero-order valence-electron chi connectivity index (χ0n) is 13.0. The first-order valence-corrected chi connectivity index (χ1v) is 10.9. The molecule has 0 aliphatic carbocycles. The highest BCUT2D eigenvalue weighted by Crippen LogP contribution is 2.26. The van der Waals surface area contributed by atoms with Gasteiger partial charge in [0.2, 0.25) is 0 Å². The molecule has 1 unspecified atom stereocenters. The molecule has 0 heterocycles. The predicted molar refractivity (Wildman–Crippen MR) is 85.0 cm³/mol. The van der Waals surface area contributed by atoms with Crippen LogP contribution in [0.5, 0.6) is 0 Å². The molecule has 1 rings (SSSR count). The summed E-state index contributed by atoms with van der Waals surface area (Å²) in [5.74, 6) is 1.03. The quantitative estimate of drug-likeness (QED) is 0.726. The molecule has 0 aliphatic rings. The topological polar surface area (TPSA) is 12.0 Å². The molecule has 3 heteroatoms. The minimum atomic E-state index is -1.13. The molecule has 1 aromatic carbocycles. The van der Waals surface area contributed by atoms with Crippen LogP contribution in [-0.4, -0.2) is 21.2 Å². The number of hydrogen-bond donors (Lipinski definition) is 1. The van der Waals surface area contributed by atoms with E-state index in [1.807, 2.05) is 12.1 Å². The first-order chi connectivity index (χ1) is 8.78. The van der Waals surface area contributed by atoms with Crippen LogP contribution in [0.15, 0.2) is 24.3 Å². The highest BCUT2D eigenvalue weighted by Gasteiger charge is 2.21. The highest BCUT2D eigenvalue weighted by molar-refractivity contribution is 6.76. The van der Waals surface area contributed by atoms with E-state index in [2.05, 4.69) is 38.8 Å². The monoisotopic (exact) mass is 281 g/mol. The van der Waals surface area contributed by atoms with Gasteiger partial charge in [0, 0.05) is 14.6 Å². The largest absolute Gasteiger partial charge is 0.316 e. The van der Waals surface area contributed by atoms with E-state index in [0.29, 0.717) is 11.8 Å². The summed E-state index contributed by atoms with van der Waals surface area (Å²) in [6.45, 7) is 13.7. The minimum Gasteiger partial charge on any atom is -0.316 e. The van der Waals surface area contributed by atoms with Crippen molar-refractivity contribution in [2.75, 3.05) is 13.1 Å². The number of hydrogen-bond acceptors (Lipinski definition) is 1. The average Bonchev–Trinajstić information content (AvgIpc) is 2.26. The summed E-state index contributed by atoms with van der Waals surface area (Å²) in [5, 5.41) is 3.55. The van der Waals surface area contributed by atoms with E-state index in [4.69, 9.17) is 0 Å². The molecular formula is C16H28FNSi. The maximum atomic E-state index is 13.0. The van der Waals surface area contributed by atoms with Gasteiger partial charge < -0.3 is 5.32 Å². The molecule has 0 aliphatic heterocycles. The van der Waals surface area contributed by atoms with Crippen molar-refractivity contribution in [2.24, 2.45) is 5.92 Å². The number of benzene rings is 1. The van der Waals surface area contributed by atoms with Crippen molar-refractivity contribution < 1.29 is 4.39 Å². The molecule has 0 saturated carbocycles. The molecule has 0 amide bonds. The Labute approximate surface area is 118 Å². The molecule has 1 N–H and O–H groups in total. The van der Waals surface area contributed by atoms with Gasteiger partial charge in [-0.15, -0.1) is 0 Å². The minimum absolute atomic E-state index is 0.148.